The van der Waals surface area contributed by atoms with E-state index in [0.29, 0.717) is 11.1 Å². The monoisotopic (exact) mass is 272 g/mol. The smallest absolute Gasteiger partial charge is 0.199 e. The van der Waals surface area contributed by atoms with E-state index in [1.165, 1.54) is 12.1 Å². The lowest BCUT2D eigenvalue weighted by Crippen LogP contribution is -2.03. The normalized spacial score (nSPS) is 10.9. The zero-order chi connectivity index (χ0) is 13.9. The van der Waals surface area contributed by atoms with Crippen LogP contribution in [0.2, 0.25) is 0 Å². The third kappa shape index (κ3) is 2.80. The molecule has 0 N–H and O–H groups in total. The first kappa shape index (κ1) is 13.2. The van der Waals surface area contributed by atoms with Gasteiger partial charge in [0.15, 0.2) is 15.6 Å². The number of carbonyl (C=O) groups excluding carboxylic acids is 1. The summed E-state index contributed by atoms with van der Waals surface area (Å²) in [5.41, 5.74) is 0.866. The molecule has 3 nitrogen and oxygen atoms in total. The SMILES string of the molecule is C=CS(=O)(=O)c1cccc(C(=O)c2ccccc2)c1. The molecule has 0 aromatic heterocycles. The Hall–Kier alpha value is -2.20. The number of sulfone groups is 1. The van der Waals surface area contributed by atoms with Crippen LogP contribution in [-0.2, 0) is 9.84 Å². The van der Waals surface area contributed by atoms with Crippen LogP contribution in [0.4, 0.5) is 0 Å². The van der Waals surface area contributed by atoms with Gasteiger partial charge in [-0.3, -0.25) is 4.79 Å². The maximum absolute atomic E-state index is 12.2. The van der Waals surface area contributed by atoms with Gasteiger partial charge in [-0.1, -0.05) is 49.0 Å². The maximum atomic E-state index is 12.2. The van der Waals surface area contributed by atoms with Crippen LogP contribution >= 0.6 is 0 Å². The highest BCUT2D eigenvalue weighted by Crippen LogP contribution is 2.16. The Labute approximate surface area is 112 Å². The molecule has 0 aliphatic rings. The molecule has 19 heavy (non-hydrogen) atoms. The Bertz CT molecular complexity index is 716. The average Bonchev–Trinajstić information content (AvgIpc) is 2.47. The molecule has 0 radical (unpaired) electrons. The Morgan fingerprint density at radius 2 is 1.58 bits per heavy atom. The van der Waals surface area contributed by atoms with Crippen molar-refractivity contribution in [3.63, 3.8) is 0 Å². The van der Waals surface area contributed by atoms with Gasteiger partial charge < -0.3 is 0 Å². The first-order valence-electron chi connectivity index (χ1n) is 5.62. The molecule has 96 valence electrons. The quantitative estimate of drug-likeness (QED) is 0.804. The molecule has 0 atom stereocenters. The molecule has 0 amide bonds. The molecule has 2 aromatic carbocycles. The van der Waals surface area contributed by atoms with Crippen LogP contribution in [0.1, 0.15) is 15.9 Å². The summed E-state index contributed by atoms with van der Waals surface area (Å²) >= 11 is 0. The fourth-order valence-electron chi connectivity index (χ4n) is 1.67. The van der Waals surface area contributed by atoms with Crippen molar-refractivity contribution in [1.29, 1.82) is 0 Å². The predicted octanol–water partition coefficient (Wildman–Crippen LogP) is 2.83. The molecule has 2 aromatic rings. The second-order valence-corrected chi connectivity index (χ2v) is 5.83. The van der Waals surface area contributed by atoms with E-state index in [1.54, 1.807) is 36.4 Å². The van der Waals surface area contributed by atoms with Gasteiger partial charge in [-0.15, -0.1) is 0 Å². The van der Waals surface area contributed by atoms with Crippen LogP contribution in [-0.4, -0.2) is 14.2 Å². The van der Waals surface area contributed by atoms with Crippen LogP contribution in [0.25, 0.3) is 0 Å². The average molecular weight is 272 g/mol. The van der Waals surface area contributed by atoms with Gasteiger partial charge in [-0.2, -0.15) is 0 Å². The molecule has 0 bridgehead atoms. The number of benzene rings is 2. The van der Waals surface area contributed by atoms with E-state index >= 15 is 0 Å². The number of ketones is 1. The van der Waals surface area contributed by atoms with Crippen molar-refractivity contribution < 1.29 is 13.2 Å². The largest absolute Gasteiger partial charge is 0.289 e. The Kier molecular flexibility index (Phi) is 3.62. The summed E-state index contributed by atoms with van der Waals surface area (Å²) in [6, 6.07) is 14.7. The summed E-state index contributed by atoms with van der Waals surface area (Å²) in [7, 11) is -3.52. The summed E-state index contributed by atoms with van der Waals surface area (Å²) in [5, 5.41) is 0.874. The molecule has 0 aliphatic carbocycles. The minimum Gasteiger partial charge on any atom is -0.289 e. The summed E-state index contributed by atoms with van der Waals surface area (Å²) in [6.45, 7) is 3.27. The maximum Gasteiger partial charge on any atom is 0.199 e. The lowest BCUT2D eigenvalue weighted by atomic mass is 10.0. The first-order chi connectivity index (χ1) is 9.04. The molecular formula is C15H12O3S. The molecule has 0 fully saturated rings. The molecule has 0 heterocycles. The van der Waals surface area contributed by atoms with Gasteiger partial charge in [0.1, 0.15) is 0 Å². The Morgan fingerprint density at radius 1 is 0.947 bits per heavy atom. The van der Waals surface area contributed by atoms with Crippen molar-refractivity contribution in [3.8, 4) is 0 Å². The van der Waals surface area contributed by atoms with Crippen LogP contribution in [0.3, 0.4) is 0 Å². The van der Waals surface area contributed by atoms with Gasteiger partial charge in [0, 0.05) is 16.5 Å². The molecule has 0 unspecified atom stereocenters. The van der Waals surface area contributed by atoms with E-state index in [1.807, 2.05) is 6.07 Å². The van der Waals surface area contributed by atoms with Crippen LogP contribution in [0.15, 0.2) is 71.5 Å². The van der Waals surface area contributed by atoms with Crippen LogP contribution < -0.4 is 0 Å². The molecule has 0 saturated carbocycles. The van der Waals surface area contributed by atoms with E-state index in [-0.39, 0.29) is 10.7 Å². The van der Waals surface area contributed by atoms with E-state index in [0.717, 1.165) is 5.41 Å². The summed E-state index contributed by atoms with van der Waals surface area (Å²) < 4.78 is 23.4. The van der Waals surface area contributed by atoms with Crippen LogP contribution in [0, 0.1) is 0 Å². The summed E-state index contributed by atoms with van der Waals surface area (Å²) in [4.78, 5) is 12.3. The Balaban J connectivity index is 2.46. The van der Waals surface area contributed by atoms with Crippen molar-refractivity contribution in [3.05, 3.63) is 77.7 Å². The van der Waals surface area contributed by atoms with Crippen molar-refractivity contribution in [2.24, 2.45) is 0 Å². The summed E-state index contributed by atoms with van der Waals surface area (Å²) in [6.07, 6.45) is 0. The zero-order valence-corrected chi connectivity index (χ0v) is 10.9. The van der Waals surface area contributed by atoms with Crippen LogP contribution in [0.5, 0.6) is 0 Å². The van der Waals surface area contributed by atoms with Gasteiger partial charge in [0.2, 0.25) is 0 Å². The molecule has 0 saturated heterocycles. The van der Waals surface area contributed by atoms with Gasteiger partial charge in [-0.25, -0.2) is 8.42 Å². The second-order valence-electron chi connectivity index (χ2n) is 3.93. The highest BCUT2D eigenvalue weighted by molar-refractivity contribution is 7.94. The number of hydrogen-bond donors (Lipinski definition) is 0. The predicted molar refractivity (Wildman–Crippen MR) is 73.7 cm³/mol. The zero-order valence-electron chi connectivity index (χ0n) is 10.1. The lowest BCUT2D eigenvalue weighted by molar-refractivity contribution is 0.103. The number of hydrogen-bond acceptors (Lipinski definition) is 3. The lowest BCUT2D eigenvalue weighted by Gasteiger charge is -2.03. The van der Waals surface area contributed by atoms with E-state index in [2.05, 4.69) is 6.58 Å². The molecule has 4 heteroatoms. The molecule has 0 spiro atoms. The van der Waals surface area contributed by atoms with Gasteiger partial charge >= 0.3 is 0 Å². The third-order valence-electron chi connectivity index (χ3n) is 2.68. The Morgan fingerprint density at radius 3 is 2.21 bits per heavy atom. The van der Waals surface area contributed by atoms with Crippen molar-refractivity contribution in [2.45, 2.75) is 4.90 Å². The van der Waals surface area contributed by atoms with Crippen molar-refractivity contribution in [1.82, 2.24) is 0 Å². The topological polar surface area (TPSA) is 51.2 Å². The van der Waals surface area contributed by atoms with Crippen molar-refractivity contribution >= 4 is 15.6 Å². The molecular weight excluding hydrogens is 260 g/mol. The second kappa shape index (κ2) is 5.20. The van der Waals surface area contributed by atoms with Gasteiger partial charge in [0.05, 0.1) is 4.90 Å². The molecule has 2 rings (SSSR count). The minimum absolute atomic E-state index is 0.0734. The van der Waals surface area contributed by atoms with Crippen molar-refractivity contribution in [2.75, 3.05) is 0 Å². The van der Waals surface area contributed by atoms with E-state index in [9.17, 15) is 13.2 Å². The van der Waals surface area contributed by atoms with E-state index < -0.39 is 9.84 Å². The highest BCUT2D eigenvalue weighted by atomic mass is 32.2. The minimum atomic E-state index is -3.52. The van der Waals surface area contributed by atoms with Gasteiger partial charge in [0.25, 0.3) is 0 Å². The summed E-state index contributed by atoms with van der Waals surface area (Å²) in [5.74, 6) is -0.207. The fraction of sp³-hybridized carbons (Fsp3) is 0. The standard InChI is InChI=1S/C15H12O3S/c1-2-19(17,18)14-10-6-9-13(11-14)15(16)12-7-4-3-5-8-12/h2-11H,1H2. The third-order valence-corrected chi connectivity index (χ3v) is 4.03. The number of carbonyl (C=O) groups is 1. The van der Waals surface area contributed by atoms with Gasteiger partial charge in [-0.05, 0) is 12.1 Å². The molecule has 0 aliphatic heterocycles. The van der Waals surface area contributed by atoms with E-state index in [4.69, 9.17) is 0 Å². The highest BCUT2D eigenvalue weighted by Gasteiger charge is 2.14. The number of rotatable bonds is 4. The fourth-order valence-corrected chi connectivity index (χ4v) is 2.42. The first-order valence-corrected chi connectivity index (χ1v) is 7.16.